The molecule has 2 aliphatic rings. The second kappa shape index (κ2) is 9.87. The van der Waals surface area contributed by atoms with E-state index in [1.165, 1.54) is 0 Å². The van der Waals surface area contributed by atoms with Crippen LogP contribution in [0.3, 0.4) is 0 Å². The van der Waals surface area contributed by atoms with Crippen LogP contribution in [0.5, 0.6) is 0 Å². The summed E-state index contributed by atoms with van der Waals surface area (Å²) in [6, 6.07) is 14.6. The quantitative estimate of drug-likeness (QED) is 0.261. The van der Waals surface area contributed by atoms with Gasteiger partial charge >= 0.3 is 0 Å². The lowest BCUT2D eigenvalue weighted by Crippen LogP contribution is -2.26. The van der Waals surface area contributed by atoms with Crippen LogP contribution >= 0.6 is 23.2 Å². The molecular weight excluding hydrogens is 561 g/mol. The molecule has 0 saturated heterocycles. The minimum atomic E-state index is -0.331. The van der Waals surface area contributed by atoms with E-state index in [-0.39, 0.29) is 28.6 Å². The van der Waals surface area contributed by atoms with Gasteiger partial charge < -0.3 is 14.9 Å². The van der Waals surface area contributed by atoms with Gasteiger partial charge in [-0.05, 0) is 65.9 Å². The lowest BCUT2D eigenvalue weighted by molar-refractivity contribution is -0.116. The SMILES string of the molecule is C=C[C@H]1Cc2cc(-c3cc(Cl)ccc3-n3cc(Cl)nn3)cc(=O)n2[C@@H]1c1ncc(-c2ccc3c(c2)CCC(=O)N3)[nH]1. The molecule has 41 heavy (non-hydrogen) atoms. The van der Waals surface area contributed by atoms with E-state index in [1.54, 1.807) is 39.8 Å². The van der Waals surface area contributed by atoms with Crippen molar-refractivity contribution in [3.05, 3.63) is 111 Å². The molecule has 0 unspecified atom stereocenters. The van der Waals surface area contributed by atoms with Gasteiger partial charge in [0.25, 0.3) is 5.56 Å². The van der Waals surface area contributed by atoms with E-state index >= 15 is 0 Å². The standard InChI is InChI=1S/C30H23Cl2N7O2/c1-2-16-10-21-11-19(22-13-20(31)5-7-25(22)38-15-26(32)36-37-38)12-28(41)39(21)29(16)30-33-14-24(35-30)18-3-6-23-17(9-18)4-8-27(40)34-23/h2-3,5-7,9,11-16,29H,1,4,8,10H2,(H,33,35)(H,34,40)/t16-,29-/m0/s1. The average molecular weight is 584 g/mol. The molecule has 2 N–H and O–H groups in total. The number of aryl methyl sites for hydroxylation is 1. The number of rotatable bonds is 5. The van der Waals surface area contributed by atoms with E-state index in [1.807, 2.05) is 30.3 Å². The maximum absolute atomic E-state index is 13.7. The highest BCUT2D eigenvalue weighted by molar-refractivity contribution is 6.31. The summed E-state index contributed by atoms with van der Waals surface area (Å²) in [7, 11) is 0. The molecule has 0 spiro atoms. The molecule has 0 radical (unpaired) electrons. The van der Waals surface area contributed by atoms with Crippen molar-refractivity contribution in [2.24, 2.45) is 5.92 Å². The van der Waals surface area contributed by atoms with Crippen LogP contribution in [-0.2, 0) is 17.6 Å². The number of amides is 1. The first-order valence-corrected chi connectivity index (χ1v) is 13.9. The van der Waals surface area contributed by atoms with Crippen molar-refractivity contribution >= 4 is 34.8 Å². The number of fused-ring (bicyclic) bond motifs is 2. The van der Waals surface area contributed by atoms with E-state index in [4.69, 9.17) is 28.2 Å². The van der Waals surface area contributed by atoms with E-state index in [0.717, 1.165) is 39.3 Å². The van der Waals surface area contributed by atoms with E-state index in [0.29, 0.717) is 35.8 Å². The Balaban J connectivity index is 1.27. The molecule has 7 rings (SSSR count). The van der Waals surface area contributed by atoms with Gasteiger partial charge in [-0.2, -0.15) is 0 Å². The number of imidazole rings is 1. The molecule has 0 saturated carbocycles. The Hall–Kier alpha value is -4.47. The molecular formula is C30H23Cl2N7O2. The molecule has 11 heteroatoms. The monoisotopic (exact) mass is 583 g/mol. The fraction of sp³-hybridized carbons (Fsp3) is 0.167. The summed E-state index contributed by atoms with van der Waals surface area (Å²) in [5.74, 6) is 0.682. The zero-order valence-corrected chi connectivity index (χ0v) is 23.2. The lowest BCUT2D eigenvalue weighted by Gasteiger charge is -2.18. The molecule has 2 atom stereocenters. The van der Waals surface area contributed by atoms with E-state index < -0.39 is 0 Å². The molecule has 1 amide bonds. The van der Waals surface area contributed by atoms with Crippen LogP contribution in [0.15, 0.2) is 78.4 Å². The number of H-pyrrole nitrogens is 1. The largest absolute Gasteiger partial charge is 0.340 e. The zero-order valence-electron chi connectivity index (χ0n) is 21.6. The number of allylic oxidation sites excluding steroid dienone is 1. The first kappa shape index (κ1) is 25.5. The normalized spacial score (nSPS) is 17.7. The van der Waals surface area contributed by atoms with Crippen LogP contribution in [0.1, 0.15) is 29.5 Å². The van der Waals surface area contributed by atoms with Crippen molar-refractivity contribution in [1.82, 2.24) is 29.5 Å². The van der Waals surface area contributed by atoms with Gasteiger partial charge in [-0.3, -0.25) is 9.59 Å². The number of carbonyl (C=O) groups is 1. The number of nitrogens with one attached hydrogen (secondary N) is 2. The molecule has 9 nitrogen and oxygen atoms in total. The Morgan fingerprint density at radius 3 is 2.71 bits per heavy atom. The summed E-state index contributed by atoms with van der Waals surface area (Å²) in [6.45, 7) is 4.06. The highest BCUT2D eigenvalue weighted by Gasteiger charge is 2.35. The van der Waals surface area contributed by atoms with Gasteiger partial charge in [0.1, 0.15) is 11.9 Å². The highest BCUT2D eigenvalue weighted by Crippen LogP contribution is 2.38. The van der Waals surface area contributed by atoms with E-state index in [9.17, 15) is 9.59 Å². The molecule has 0 aliphatic carbocycles. The number of hydrogen-bond donors (Lipinski definition) is 2. The molecule has 0 bridgehead atoms. The molecule has 204 valence electrons. The van der Waals surface area contributed by atoms with Crippen molar-refractivity contribution < 1.29 is 4.79 Å². The number of benzene rings is 2. The first-order valence-electron chi connectivity index (χ1n) is 13.1. The number of nitrogens with zero attached hydrogens (tertiary/aromatic N) is 5. The van der Waals surface area contributed by atoms with Crippen LogP contribution in [0.25, 0.3) is 28.1 Å². The Labute approximate surface area is 244 Å². The minimum Gasteiger partial charge on any atom is -0.340 e. The van der Waals surface area contributed by atoms with Crippen molar-refractivity contribution in [1.29, 1.82) is 0 Å². The number of anilines is 1. The van der Waals surface area contributed by atoms with Crippen LogP contribution < -0.4 is 10.9 Å². The summed E-state index contributed by atoms with van der Waals surface area (Å²) in [6.07, 6.45) is 7.06. The minimum absolute atomic E-state index is 0.0346. The molecule has 5 heterocycles. The zero-order chi connectivity index (χ0) is 28.2. The van der Waals surface area contributed by atoms with Crippen molar-refractivity contribution in [3.8, 4) is 28.1 Å². The smallest absolute Gasteiger partial charge is 0.252 e. The van der Waals surface area contributed by atoms with Crippen molar-refractivity contribution in [2.45, 2.75) is 25.3 Å². The van der Waals surface area contributed by atoms with Gasteiger partial charge in [0.2, 0.25) is 5.91 Å². The Morgan fingerprint density at radius 2 is 1.90 bits per heavy atom. The summed E-state index contributed by atoms with van der Waals surface area (Å²) in [5, 5.41) is 11.7. The molecule has 2 aromatic carbocycles. The van der Waals surface area contributed by atoms with Crippen LogP contribution in [0.4, 0.5) is 5.69 Å². The van der Waals surface area contributed by atoms with Crippen LogP contribution in [0, 0.1) is 5.92 Å². The second-order valence-corrected chi connectivity index (χ2v) is 11.1. The Bertz CT molecular complexity index is 1920. The predicted octanol–water partition coefficient (Wildman–Crippen LogP) is 5.63. The van der Waals surface area contributed by atoms with Gasteiger partial charge in [-0.1, -0.05) is 40.6 Å². The number of aromatic amines is 1. The Morgan fingerprint density at radius 1 is 1.02 bits per heavy atom. The summed E-state index contributed by atoms with van der Waals surface area (Å²) >= 11 is 12.4. The van der Waals surface area contributed by atoms with Gasteiger partial charge in [0.05, 0.1) is 23.8 Å². The fourth-order valence-electron chi connectivity index (χ4n) is 5.83. The topological polar surface area (TPSA) is 110 Å². The van der Waals surface area contributed by atoms with E-state index in [2.05, 4.69) is 33.3 Å². The van der Waals surface area contributed by atoms with Gasteiger partial charge in [0, 0.05) is 40.4 Å². The number of aromatic nitrogens is 6. The summed E-state index contributed by atoms with van der Waals surface area (Å²) < 4.78 is 3.35. The number of hydrogen-bond acceptors (Lipinski definition) is 5. The Kier molecular flexibility index (Phi) is 6.13. The van der Waals surface area contributed by atoms with Crippen molar-refractivity contribution in [2.75, 3.05) is 5.32 Å². The van der Waals surface area contributed by atoms with Gasteiger partial charge in [-0.15, -0.1) is 11.7 Å². The first-order chi connectivity index (χ1) is 19.9. The fourth-order valence-corrected chi connectivity index (χ4v) is 6.13. The summed E-state index contributed by atoms with van der Waals surface area (Å²) in [4.78, 5) is 33.6. The summed E-state index contributed by atoms with van der Waals surface area (Å²) in [5.41, 5.74) is 6.62. The third-order valence-corrected chi connectivity index (χ3v) is 8.16. The lowest BCUT2D eigenvalue weighted by atomic mass is 9.98. The third-order valence-electron chi connectivity index (χ3n) is 7.75. The second-order valence-electron chi connectivity index (χ2n) is 10.2. The van der Waals surface area contributed by atoms with Gasteiger partial charge in [-0.25, -0.2) is 9.67 Å². The maximum Gasteiger partial charge on any atom is 0.252 e. The van der Waals surface area contributed by atoms with Crippen LogP contribution in [0.2, 0.25) is 10.2 Å². The number of halogens is 2. The predicted molar refractivity (Wildman–Crippen MR) is 158 cm³/mol. The third kappa shape index (κ3) is 4.47. The number of carbonyl (C=O) groups excluding carboxylic acids is 1. The number of pyridine rings is 1. The molecule has 0 fully saturated rings. The molecule has 3 aromatic heterocycles. The van der Waals surface area contributed by atoms with Crippen molar-refractivity contribution in [3.63, 3.8) is 0 Å². The molecule has 2 aliphatic heterocycles. The highest BCUT2D eigenvalue weighted by atomic mass is 35.5. The van der Waals surface area contributed by atoms with Crippen LogP contribution in [-0.4, -0.2) is 35.4 Å². The maximum atomic E-state index is 13.7. The average Bonchev–Trinajstić information content (AvgIpc) is 3.71. The van der Waals surface area contributed by atoms with Gasteiger partial charge in [0.15, 0.2) is 5.15 Å². The molecule has 5 aromatic rings.